The molecule has 0 fully saturated rings. The second kappa shape index (κ2) is 7.99. The summed E-state index contributed by atoms with van der Waals surface area (Å²) >= 11 is 0. The highest BCUT2D eigenvalue weighted by molar-refractivity contribution is 5.87. The molecule has 4 N–H and O–H groups in total. The van der Waals surface area contributed by atoms with Gasteiger partial charge in [0.1, 0.15) is 6.04 Å². The van der Waals surface area contributed by atoms with Crippen LogP contribution in [0.3, 0.4) is 0 Å². The SMILES string of the molecule is C/C=C/C(=O)NCCCC[C@H](N)C(=O)O. The van der Waals surface area contributed by atoms with E-state index in [1.807, 2.05) is 0 Å². The largest absolute Gasteiger partial charge is 0.480 e. The molecule has 0 rings (SSSR count). The van der Waals surface area contributed by atoms with Gasteiger partial charge in [0.2, 0.25) is 5.91 Å². The zero-order valence-corrected chi connectivity index (χ0v) is 8.90. The summed E-state index contributed by atoms with van der Waals surface area (Å²) in [4.78, 5) is 21.3. The molecule has 0 saturated heterocycles. The fraction of sp³-hybridized carbons (Fsp3) is 0.600. The Morgan fingerprint density at radius 1 is 1.47 bits per heavy atom. The van der Waals surface area contributed by atoms with E-state index >= 15 is 0 Å². The molecular weight excluding hydrogens is 196 g/mol. The lowest BCUT2D eigenvalue weighted by molar-refractivity contribution is -0.138. The van der Waals surface area contributed by atoms with Gasteiger partial charge in [-0.3, -0.25) is 9.59 Å². The Labute approximate surface area is 89.3 Å². The number of carbonyl (C=O) groups is 2. The van der Waals surface area contributed by atoms with E-state index in [1.54, 1.807) is 13.0 Å². The molecule has 0 aliphatic carbocycles. The normalized spacial score (nSPS) is 12.7. The van der Waals surface area contributed by atoms with E-state index < -0.39 is 12.0 Å². The molecule has 1 amide bonds. The van der Waals surface area contributed by atoms with Crippen molar-refractivity contribution in [3.05, 3.63) is 12.2 Å². The number of carbonyl (C=O) groups excluding carboxylic acids is 1. The number of nitrogens with two attached hydrogens (primary N) is 1. The van der Waals surface area contributed by atoms with E-state index in [4.69, 9.17) is 10.8 Å². The second-order valence-corrected chi connectivity index (χ2v) is 3.23. The summed E-state index contributed by atoms with van der Waals surface area (Å²) in [5.41, 5.74) is 5.31. The molecule has 0 aromatic carbocycles. The number of hydrogen-bond acceptors (Lipinski definition) is 3. The molecular formula is C10H18N2O3. The number of unbranched alkanes of at least 4 members (excludes halogenated alkanes) is 1. The van der Waals surface area contributed by atoms with E-state index in [1.165, 1.54) is 6.08 Å². The van der Waals surface area contributed by atoms with Gasteiger partial charge < -0.3 is 16.2 Å². The van der Waals surface area contributed by atoms with Gasteiger partial charge in [-0.25, -0.2) is 0 Å². The van der Waals surface area contributed by atoms with Crippen LogP contribution in [0.5, 0.6) is 0 Å². The van der Waals surface area contributed by atoms with Crippen LogP contribution in [0.1, 0.15) is 26.2 Å². The summed E-state index contributed by atoms with van der Waals surface area (Å²) in [5, 5.41) is 11.2. The number of carboxylic acid groups (broad SMARTS) is 1. The van der Waals surface area contributed by atoms with Crippen LogP contribution >= 0.6 is 0 Å². The van der Waals surface area contributed by atoms with Crippen molar-refractivity contribution >= 4 is 11.9 Å². The maximum absolute atomic E-state index is 10.9. The van der Waals surface area contributed by atoms with Gasteiger partial charge in [-0.2, -0.15) is 0 Å². The Morgan fingerprint density at radius 3 is 2.67 bits per heavy atom. The fourth-order valence-corrected chi connectivity index (χ4v) is 1.03. The van der Waals surface area contributed by atoms with Crippen LogP contribution < -0.4 is 11.1 Å². The zero-order chi connectivity index (χ0) is 11.7. The number of amides is 1. The van der Waals surface area contributed by atoms with E-state index in [0.717, 1.165) is 6.42 Å². The number of allylic oxidation sites excluding steroid dienone is 1. The van der Waals surface area contributed by atoms with Gasteiger partial charge in [-0.15, -0.1) is 0 Å². The van der Waals surface area contributed by atoms with Gasteiger partial charge >= 0.3 is 5.97 Å². The Hall–Kier alpha value is -1.36. The third-order valence-electron chi connectivity index (χ3n) is 1.88. The lowest BCUT2D eigenvalue weighted by atomic mass is 10.1. The summed E-state index contributed by atoms with van der Waals surface area (Å²) in [6.45, 7) is 2.32. The van der Waals surface area contributed by atoms with Crippen LogP contribution in [0.15, 0.2) is 12.2 Å². The molecule has 5 nitrogen and oxygen atoms in total. The summed E-state index contributed by atoms with van der Waals surface area (Å²) in [7, 11) is 0. The molecule has 5 heteroatoms. The van der Waals surface area contributed by atoms with Crippen LogP contribution in [0.25, 0.3) is 0 Å². The quantitative estimate of drug-likeness (QED) is 0.418. The standard InChI is InChI=1S/C10H18N2O3/c1-2-5-9(13)12-7-4-3-6-8(11)10(14)15/h2,5,8H,3-4,6-7,11H2,1H3,(H,12,13)(H,14,15)/b5-2+/t8-/m0/s1. The van der Waals surface area contributed by atoms with Crippen LogP contribution in [0.4, 0.5) is 0 Å². The van der Waals surface area contributed by atoms with Gasteiger partial charge in [-0.1, -0.05) is 6.08 Å². The minimum absolute atomic E-state index is 0.125. The number of rotatable bonds is 7. The zero-order valence-electron chi connectivity index (χ0n) is 8.90. The highest BCUT2D eigenvalue weighted by Crippen LogP contribution is 1.98. The fourth-order valence-electron chi connectivity index (χ4n) is 1.03. The molecule has 1 atom stereocenters. The van der Waals surface area contributed by atoms with Crippen LogP contribution in [-0.4, -0.2) is 29.6 Å². The molecule has 0 aliphatic rings. The third kappa shape index (κ3) is 7.69. The first-order chi connectivity index (χ1) is 7.07. The van der Waals surface area contributed by atoms with Gasteiger partial charge in [-0.05, 0) is 32.3 Å². The summed E-state index contributed by atoms with van der Waals surface area (Å²) in [6.07, 6.45) is 4.99. The topological polar surface area (TPSA) is 92.4 Å². The maximum Gasteiger partial charge on any atom is 0.320 e. The lowest BCUT2D eigenvalue weighted by Gasteiger charge is -2.05. The van der Waals surface area contributed by atoms with Crippen molar-refractivity contribution in [2.24, 2.45) is 5.73 Å². The van der Waals surface area contributed by atoms with Crippen molar-refractivity contribution in [1.29, 1.82) is 0 Å². The number of nitrogens with one attached hydrogen (secondary N) is 1. The lowest BCUT2D eigenvalue weighted by Crippen LogP contribution is -2.30. The molecule has 0 spiro atoms. The Balaban J connectivity index is 3.40. The smallest absolute Gasteiger partial charge is 0.320 e. The number of hydrogen-bond donors (Lipinski definition) is 3. The van der Waals surface area contributed by atoms with E-state index in [-0.39, 0.29) is 5.91 Å². The van der Waals surface area contributed by atoms with Crippen molar-refractivity contribution < 1.29 is 14.7 Å². The predicted molar refractivity (Wildman–Crippen MR) is 57.3 cm³/mol. The molecule has 86 valence electrons. The highest BCUT2D eigenvalue weighted by atomic mass is 16.4. The van der Waals surface area contributed by atoms with Gasteiger partial charge in [0, 0.05) is 6.54 Å². The molecule has 0 aromatic rings. The van der Waals surface area contributed by atoms with Crippen molar-refractivity contribution in [3.63, 3.8) is 0 Å². The highest BCUT2D eigenvalue weighted by Gasteiger charge is 2.09. The van der Waals surface area contributed by atoms with Crippen LogP contribution in [0, 0.1) is 0 Å². The first-order valence-corrected chi connectivity index (χ1v) is 4.97. The number of aliphatic carboxylic acids is 1. The van der Waals surface area contributed by atoms with Crippen molar-refractivity contribution in [2.45, 2.75) is 32.2 Å². The predicted octanol–water partition coefficient (Wildman–Crippen LogP) is 0.261. The first-order valence-electron chi connectivity index (χ1n) is 4.97. The molecule has 0 radical (unpaired) electrons. The summed E-state index contributed by atoms with van der Waals surface area (Å²) in [5.74, 6) is -1.10. The summed E-state index contributed by atoms with van der Waals surface area (Å²) in [6, 6.07) is -0.795. The van der Waals surface area contributed by atoms with Crippen molar-refractivity contribution in [3.8, 4) is 0 Å². The minimum Gasteiger partial charge on any atom is -0.480 e. The maximum atomic E-state index is 10.9. The average Bonchev–Trinajstić information content (AvgIpc) is 2.17. The molecule has 0 aliphatic heterocycles. The Morgan fingerprint density at radius 2 is 2.13 bits per heavy atom. The summed E-state index contributed by atoms with van der Waals surface area (Å²) < 4.78 is 0. The molecule has 0 saturated carbocycles. The number of carboxylic acids is 1. The molecule has 0 heterocycles. The van der Waals surface area contributed by atoms with Gasteiger partial charge in [0.15, 0.2) is 0 Å². The van der Waals surface area contributed by atoms with Gasteiger partial charge in [0.25, 0.3) is 0 Å². The molecule has 0 aromatic heterocycles. The Kier molecular flexibility index (Phi) is 7.27. The van der Waals surface area contributed by atoms with Crippen LogP contribution in [-0.2, 0) is 9.59 Å². The molecule has 0 unspecified atom stereocenters. The van der Waals surface area contributed by atoms with Gasteiger partial charge in [0.05, 0.1) is 0 Å². The first kappa shape index (κ1) is 13.6. The van der Waals surface area contributed by atoms with E-state index in [9.17, 15) is 9.59 Å². The third-order valence-corrected chi connectivity index (χ3v) is 1.88. The monoisotopic (exact) mass is 214 g/mol. The van der Waals surface area contributed by atoms with Crippen molar-refractivity contribution in [1.82, 2.24) is 5.32 Å². The molecule has 0 bridgehead atoms. The minimum atomic E-state index is -0.979. The average molecular weight is 214 g/mol. The van der Waals surface area contributed by atoms with E-state index in [2.05, 4.69) is 5.32 Å². The second-order valence-electron chi connectivity index (χ2n) is 3.23. The van der Waals surface area contributed by atoms with Crippen molar-refractivity contribution in [2.75, 3.05) is 6.54 Å². The Bertz CT molecular complexity index is 239. The van der Waals surface area contributed by atoms with Crippen LogP contribution in [0.2, 0.25) is 0 Å². The molecule has 15 heavy (non-hydrogen) atoms. The van der Waals surface area contributed by atoms with E-state index in [0.29, 0.717) is 19.4 Å².